The smallest absolute Gasteiger partial charge is 0.262 e. The molecule has 0 aromatic rings. The molecule has 2 N–H and O–H groups in total. The van der Waals surface area contributed by atoms with E-state index in [1.807, 2.05) is 0 Å². The Morgan fingerprint density at radius 1 is 1.56 bits per heavy atom. The summed E-state index contributed by atoms with van der Waals surface area (Å²) < 4.78 is 9.73. The normalized spacial score (nSPS) is 10.7. The van der Waals surface area contributed by atoms with Crippen LogP contribution >= 0.6 is 7.82 Å². The van der Waals surface area contributed by atoms with Gasteiger partial charge in [-0.3, -0.25) is 4.57 Å². The van der Waals surface area contributed by atoms with E-state index in [1.165, 1.54) is 35.8 Å². The van der Waals surface area contributed by atoms with Crippen LogP contribution in [0.2, 0.25) is 2.01 Å². The second-order valence-corrected chi connectivity index (χ2v) is 5.42. The molecule has 0 aliphatic carbocycles. The Balaban J connectivity index is 0. The predicted octanol–water partition coefficient (Wildman–Crippen LogP) is -0.577. The van der Waals surface area contributed by atoms with Crippen molar-refractivity contribution in [1.82, 2.24) is 0 Å². The minimum Gasteiger partial charge on any atom is -0.756 e. The average Bonchev–Trinajstić information content (AvgIpc) is 1.19. The summed E-state index contributed by atoms with van der Waals surface area (Å²) in [5.74, 6) is 0. The zero-order valence-corrected chi connectivity index (χ0v) is 8.55. The zero-order chi connectivity index (χ0) is 8.08. The van der Waals surface area contributed by atoms with Gasteiger partial charge in [0.25, 0.3) is 7.82 Å². The first kappa shape index (κ1) is 13.0. The zero-order valence-electron chi connectivity index (χ0n) is 5.44. The molecule has 0 fully saturated rings. The SMILES string of the molecule is C[CH](C)[Ca+].O=P([O-])(O)O. The van der Waals surface area contributed by atoms with Gasteiger partial charge in [-0.25, -0.2) is 0 Å². The summed E-state index contributed by atoms with van der Waals surface area (Å²) in [6, 6.07) is 0. The Labute approximate surface area is 78.2 Å². The maximum Gasteiger partial charge on any atom is 0.262 e. The van der Waals surface area contributed by atoms with Gasteiger partial charge in [0.2, 0.25) is 0 Å². The molecule has 0 saturated carbocycles. The summed E-state index contributed by atoms with van der Waals surface area (Å²) in [4.78, 5) is 22.9. The molecule has 0 unspecified atom stereocenters. The third-order valence-corrected chi connectivity index (χ3v) is 0. The maximum atomic E-state index is 8.77. The van der Waals surface area contributed by atoms with Gasteiger partial charge in [0.05, 0.1) is 0 Å². The molecule has 0 aromatic heterocycles. The predicted molar refractivity (Wildman–Crippen MR) is 32.9 cm³/mol. The van der Waals surface area contributed by atoms with Crippen molar-refractivity contribution in [2.45, 2.75) is 15.9 Å². The van der Waals surface area contributed by atoms with Crippen molar-refractivity contribution in [1.29, 1.82) is 0 Å². The minimum absolute atomic E-state index is 0.958. The molecular weight excluding hydrogens is 171 g/mol. The molecule has 0 radical (unpaired) electrons. The molecule has 52 valence electrons. The summed E-state index contributed by atoms with van der Waals surface area (Å²) in [5.41, 5.74) is 0. The van der Waals surface area contributed by atoms with Gasteiger partial charge in [-0.1, -0.05) is 0 Å². The topological polar surface area (TPSA) is 80.6 Å². The van der Waals surface area contributed by atoms with Crippen LogP contribution < -0.4 is 4.89 Å². The van der Waals surface area contributed by atoms with Gasteiger partial charge < -0.3 is 14.7 Å². The first-order chi connectivity index (χ1) is 3.73. The molecule has 0 bridgehead atoms. The molecule has 0 spiro atoms. The Bertz CT molecular complexity index is 87.0. The number of hydrogen-bond donors (Lipinski definition) is 2. The van der Waals surface area contributed by atoms with Gasteiger partial charge in [-0.05, 0) is 0 Å². The molecule has 0 aromatic carbocycles. The minimum atomic E-state index is -4.89. The molecule has 0 heterocycles. The molecule has 0 saturated heterocycles. The first-order valence-corrected chi connectivity index (χ1v) is 5.13. The summed E-state index contributed by atoms with van der Waals surface area (Å²) in [5, 5.41) is 0. The Hall–Kier alpha value is 1.37. The van der Waals surface area contributed by atoms with E-state index in [2.05, 4.69) is 13.8 Å². The van der Waals surface area contributed by atoms with E-state index in [9.17, 15) is 0 Å². The molecule has 0 rings (SSSR count). The van der Waals surface area contributed by atoms with Crippen molar-refractivity contribution in [3.63, 3.8) is 0 Å². The molecule has 0 atom stereocenters. The van der Waals surface area contributed by atoms with Gasteiger partial charge in [0.1, 0.15) is 0 Å². The van der Waals surface area contributed by atoms with Crippen LogP contribution in [0, 0.1) is 0 Å². The fraction of sp³-hybridized carbons (Fsp3) is 1.00. The molecule has 0 aliphatic rings. The largest absolute Gasteiger partial charge is 0.756 e. The third kappa shape index (κ3) is 271. The monoisotopic (exact) mass is 180 g/mol. The van der Waals surface area contributed by atoms with Crippen LogP contribution in [0.5, 0.6) is 0 Å². The quantitative estimate of drug-likeness (QED) is 0.386. The summed E-state index contributed by atoms with van der Waals surface area (Å²) in [6.45, 7) is 4.44. The van der Waals surface area contributed by atoms with Crippen LogP contribution in [0.1, 0.15) is 13.8 Å². The van der Waals surface area contributed by atoms with Crippen molar-refractivity contribution >= 4 is 43.6 Å². The van der Waals surface area contributed by atoms with Gasteiger partial charge in [-0.15, -0.1) is 0 Å². The summed E-state index contributed by atoms with van der Waals surface area (Å²) in [7, 11) is -4.89. The van der Waals surface area contributed by atoms with Crippen LogP contribution in [0.25, 0.3) is 0 Å². The Morgan fingerprint density at radius 2 is 1.56 bits per heavy atom. The van der Waals surface area contributed by atoms with Crippen molar-refractivity contribution in [3.8, 4) is 0 Å². The van der Waals surface area contributed by atoms with E-state index in [0.717, 1.165) is 2.01 Å². The standard InChI is InChI=1S/C3H7.Ca.H3O4P/c1-3-2;;1-5(2,3)4/h3H,1-2H3;;(H3,1,2,3,4)/q;+1;/p-1. The molecule has 0 aliphatic heterocycles. The molecule has 6 heteroatoms. The number of rotatable bonds is 0. The van der Waals surface area contributed by atoms with E-state index in [0.29, 0.717) is 0 Å². The van der Waals surface area contributed by atoms with Gasteiger partial charge in [0, 0.05) is 0 Å². The van der Waals surface area contributed by atoms with Crippen LogP contribution in [0.3, 0.4) is 0 Å². The second-order valence-electron chi connectivity index (χ2n) is 1.88. The summed E-state index contributed by atoms with van der Waals surface area (Å²) in [6.07, 6.45) is 0. The average molecular weight is 180 g/mol. The summed E-state index contributed by atoms with van der Waals surface area (Å²) >= 11 is 1.43. The molecular formula is C3H9CaO4P. The molecule has 4 nitrogen and oxygen atoms in total. The van der Waals surface area contributed by atoms with E-state index in [4.69, 9.17) is 19.2 Å². The Morgan fingerprint density at radius 3 is 1.56 bits per heavy atom. The second kappa shape index (κ2) is 6.10. The van der Waals surface area contributed by atoms with Crippen molar-refractivity contribution in [3.05, 3.63) is 0 Å². The van der Waals surface area contributed by atoms with E-state index < -0.39 is 7.82 Å². The van der Waals surface area contributed by atoms with Gasteiger partial charge in [-0.2, -0.15) is 0 Å². The van der Waals surface area contributed by atoms with Gasteiger partial charge in [0.15, 0.2) is 0 Å². The number of phosphoric acid groups is 1. The fourth-order valence-electron chi connectivity index (χ4n) is 0. The number of hydrogen-bond acceptors (Lipinski definition) is 2. The van der Waals surface area contributed by atoms with Crippen LogP contribution in [-0.2, 0) is 4.57 Å². The van der Waals surface area contributed by atoms with Crippen LogP contribution in [0.15, 0.2) is 0 Å². The maximum absolute atomic E-state index is 8.77. The molecule has 0 amide bonds. The molecule has 9 heavy (non-hydrogen) atoms. The van der Waals surface area contributed by atoms with Gasteiger partial charge >= 0.3 is 51.7 Å². The van der Waals surface area contributed by atoms with E-state index in [-0.39, 0.29) is 0 Å². The van der Waals surface area contributed by atoms with Crippen LogP contribution in [0.4, 0.5) is 0 Å². The van der Waals surface area contributed by atoms with Crippen molar-refractivity contribution < 1.29 is 19.2 Å². The first-order valence-electron chi connectivity index (χ1n) is 2.33. The fourth-order valence-corrected chi connectivity index (χ4v) is 0. The Kier molecular flexibility index (Phi) is 8.81. The third-order valence-electron chi connectivity index (χ3n) is 0. The van der Waals surface area contributed by atoms with E-state index in [1.54, 1.807) is 0 Å². The van der Waals surface area contributed by atoms with Crippen molar-refractivity contribution in [2.75, 3.05) is 0 Å². The van der Waals surface area contributed by atoms with Crippen LogP contribution in [-0.4, -0.2) is 45.6 Å². The van der Waals surface area contributed by atoms with Crippen molar-refractivity contribution in [2.24, 2.45) is 0 Å². The van der Waals surface area contributed by atoms with E-state index >= 15 is 0 Å².